The fraction of sp³-hybridized carbons (Fsp3) is 0.250. The number of hydrogen-bond donors (Lipinski definition) is 1. The van der Waals surface area contributed by atoms with Crippen molar-refractivity contribution < 1.29 is 22.7 Å². The second-order valence-corrected chi connectivity index (χ2v) is 6.16. The van der Waals surface area contributed by atoms with E-state index >= 15 is 0 Å². The molecule has 7 heteroatoms. The number of para-hydroxylation sites is 1. The maximum absolute atomic E-state index is 12.9. The molecule has 0 fully saturated rings. The van der Waals surface area contributed by atoms with Gasteiger partial charge in [0.25, 0.3) is 0 Å². The molecule has 0 unspecified atom stereocenters. The van der Waals surface area contributed by atoms with Crippen LogP contribution in [0.3, 0.4) is 0 Å². The van der Waals surface area contributed by atoms with Gasteiger partial charge in [-0.1, -0.05) is 43.1 Å². The van der Waals surface area contributed by atoms with Gasteiger partial charge in [0.05, 0.1) is 17.2 Å². The summed E-state index contributed by atoms with van der Waals surface area (Å²) < 4.78 is 44.3. The highest BCUT2D eigenvalue weighted by Crippen LogP contribution is 2.36. The quantitative estimate of drug-likeness (QED) is 0.447. The van der Waals surface area contributed by atoms with Gasteiger partial charge in [0.15, 0.2) is 0 Å². The van der Waals surface area contributed by atoms with E-state index in [0.717, 1.165) is 25.0 Å². The van der Waals surface area contributed by atoms with E-state index in [2.05, 4.69) is 12.2 Å². The molecule has 0 heterocycles. The average molecular weight is 398 g/mol. The third kappa shape index (κ3) is 6.32. The number of ether oxygens (including phenoxy) is 1. The van der Waals surface area contributed by atoms with Crippen LogP contribution in [0.5, 0.6) is 5.75 Å². The molecule has 0 aliphatic heterocycles. The van der Waals surface area contributed by atoms with Gasteiger partial charge in [-0.15, -0.1) is 0 Å². The Morgan fingerprint density at radius 1 is 1.22 bits per heavy atom. The Balaban J connectivity index is 2.08. The first-order valence-electron chi connectivity index (χ1n) is 8.39. The molecule has 0 saturated heterocycles. The average Bonchev–Trinajstić information content (AvgIpc) is 2.62. The predicted molar refractivity (Wildman–Crippen MR) is 101 cm³/mol. The van der Waals surface area contributed by atoms with E-state index in [-0.39, 0.29) is 5.69 Å². The largest absolute Gasteiger partial charge is 0.493 e. The van der Waals surface area contributed by atoms with E-state index in [1.807, 2.05) is 6.07 Å². The van der Waals surface area contributed by atoms with Gasteiger partial charge >= 0.3 is 6.18 Å². The van der Waals surface area contributed by atoms with Crippen LogP contribution < -0.4 is 10.1 Å². The van der Waals surface area contributed by atoms with E-state index < -0.39 is 22.7 Å². The second kappa shape index (κ2) is 9.46. The molecule has 0 radical (unpaired) electrons. The van der Waals surface area contributed by atoms with Crippen molar-refractivity contribution >= 4 is 29.3 Å². The van der Waals surface area contributed by atoms with Crippen LogP contribution >= 0.6 is 11.6 Å². The maximum Gasteiger partial charge on any atom is 0.417 e. The summed E-state index contributed by atoms with van der Waals surface area (Å²) in [5.74, 6) is 0.0784. The van der Waals surface area contributed by atoms with Crippen LogP contribution in [0.2, 0.25) is 5.02 Å². The SMILES string of the molecule is CCCCOc1ccccc1C=CC(=O)Nc1ccc(Cl)c(C(F)(F)F)c1. The summed E-state index contributed by atoms with van der Waals surface area (Å²) in [6.45, 7) is 2.62. The molecule has 2 rings (SSSR count). The lowest BCUT2D eigenvalue weighted by atomic mass is 10.1. The minimum absolute atomic E-state index is 0.00820. The van der Waals surface area contributed by atoms with Crippen LogP contribution in [0.1, 0.15) is 30.9 Å². The Kier molecular flexibility index (Phi) is 7.30. The number of halogens is 4. The van der Waals surface area contributed by atoms with Gasteiger partial charge in [-0.05, 0) is 36.8 Å². The third-order valence-corrected chi connectivity index (χ3v) is 3.96. The van der Waals surface area contributed by atoms with Crippen molar-refractivity contribution in [3.63, 3.8) is 0 Å². The number of nitrogens with one attached hydrogen (secondary N) is 1. The number of carbonyl (C=O) groups is 1. The molecule has 144 valence electrons. The van der Waals surface area contributed by atoms with Gasteiger partial charge in [0.1, 0.15) is 5.75 Å². The van der Waals surface area contributed by atoms with Crippen LogP contribution in [-0.2, 0) is 11.0 Å². The number of carbonyl (C=O) groups excluding carboxylic acids is 1. The van der Waals surface area contributed by atoms with Gasteiger partial charge in [-0.3, -0.25) is 4.79 Å². The fourth-order valence-corrected chi connectivity index (χ4v) is 2.47. The zero-order valence-corrected chi connectivity index (χ0v) is 15.4. The Hall–Kier alpha value is -2.47. The number of amides is 1. The van der Waals surface area contributed by atoms with Gasteiger partial charge in [-0.2, -0.15) is 13.2 Å². The summed E-state index contributed by atoms with van der Waals surface area (Å²) in [5.41, 5.74) is -0.287. The summed E-state index contributed by atoms with van der Waals surface area (Å²) in [4.78, 5) is 12.1. The lowest BCUT2D eigenvalue weighted by molar-refractivity contribution is -0.137. The van der Waals surface area contributed by atoms with Crippen LogP contribution in [-0.4, -0.2) is 12.5 Å². The smallest absolute Gasteiger partial charge is 0.417 e. The molecular weight excluding hydrogens is 379 g/mol. The molecule has 0 spiro atoms. The summed E-state index contributed by atoms with van der Waals surface area (Å²) >= 11 is 5.57. The van der Waals surface area contributed by atoms with Crippen LogP contribution in [0.15, 0.2) is 48.5 Å². The van der Waals surface area contributed by atoms with E-state index in [4.69, 9.17) is 16.3 Å². The highest BCUT2D eigenvalue weighted by molar-refractivity contribution is 6.31. The normalized spacial score (nSPS) is 11.6. The van der Waals surface area contributed by atoms with Gasteiger partial charge in [-0.25, -0.2) is 0 Å². The van der Waals surface area contributed by atoms with Crippen molar-refractivity contribution in [2.75, 3.05) is 11.9 Å². The number of hydrogen-bond acceptors (Lipinski definition) is 2. The molecule has 0 bridgehead atoms. The van der Waals surface area contributed by atoms with Crippen molar-refractivity contribution in [1.29, 1.82) is 0 Å². The highest BCUT2D eigenvalue weighted by atomic mass is 35.5. The Morgan fingerprint density at radius 3 is 2.67 bits per heavy atom. The van der Waals surface area contributed by atoms with Gasteiger partial charge < -0.3 is 10.1 Å². The molecule has 27 heavy (non-hydrogen) atoms. The Morgan fingerprint density at radius 2 is 1.96 bits per heavy atom. The first kappa shape index (κ1) is 20.8. The standard InChI is InChI=1S/C20H19ClF3NO2/c1-2-3-12-27-18-7-5-4-6-14(18)8-11-19(26)25-15-9-10-17(21)16(13-15)20(22,23)24/h4-11,13H,2-3,12H2,1H3,(H,25,26). The predicted octanol–water partition coefficient (Wildman–Crippen LogP) is 6.19. The fourth-order valence-electron chi connectivity index (χ4n) is 2.25. The van der Waals surface area contributed by atoms with E-state index in [0.29, 0.717) is 17.9 Å². The second-order valence-electron chi connectivity index (χ2n) is 5.75. The molecule has 0 saturated carbocycles. The molecule has 0 aliphatic carbocycles. The molecule has 2 aromatic carbocycles. The number of unbranched alkanes of at least 4 members (excludes halogenated alkanes) is 1. The van der Waals surface area contributed by atoms with E-state index in [1.54, 1.807) is 24.3 Å². The van der Waals surface area contributed by atoms with Crippen molar-refractivity contribution in [1.82, 2.24) is 0 Å². The maximum atomic E-state index is 12.9. The van der Waals surface area contributed by atoms with E-state index in [9.17, 15) is 18.0 Å². The van der Waals surface area contributed by atoms with Crippen molar-refractivity contribution in [2.24, 2.45) is 0 Å². The summed E-state index contributed by atoms with van der Waals surface area (Å²) in [6, 6.07) is 10.4. The Labute approximate surface area is 160 Å². The number of rotatable bonds is 7. The molecule has 1 N–H and O–H groups in total. The monoisotopic (exact) mass is 397 g/mol. The topological polar surface area (TPSA) is 38.3 Å². The molecule has 2 aromatic rings. The minimum Gasteiger partial charge on any atom is -0.493 e. The molecular formula is C20H19ClF3NO2. The van der Waals surface area contributed by atoms with Crippen molar-refractivity contribution in [2.45, 2.75) is 25.9 Å². The first-order chi connectivity index (χ1) is 12.8. The molecule has 0 atom stereocenters. The highest BCUT2D eigenvalue weighted by Gasteiger charge is 2.33. The zero-order chi connectivity index (χ0) is 19.9. The van der Waals surface area contributed by atoms with Gasteiger partial charge in [0.2, 0.25) is 5.91 Å². The summed E-state index contributed by atoms with van der Waals surface area (Å²) in [6.07, 6.45) is 0.113. The van der Waals surface area contributed by atoms with Crippen LogP contribution in [0.4, 0.5) is 18.9 Å². The van der Waals surface area contributed by atoms with Gasteiger partial charge in [0, 0.05) is 17.3 Å². The van der Waals surface area contributed by atoms with Crippen molar-refractivity contribution in [3.05, 3.63) is 64.7 Å². The number of benzene rings is 2. The number of anilines is 1. The molecule has 3 nitrogen and oxygen atoms in total. The molecule has 0 aliphatic rings. The zero-order valence-electron chi connectivity index (χ0n) is 14.6. The third-order valence-electron chi connectivity index (χ3n) is 3.63. The summed E-state index contributed by atoms with van der Waals surface area (Å²) in [5, 5.41) is 1.98. The number of alkyl halides is 3. The summed E-state index contributed by atoms with van der Waals surface area (Å²) in [7, 11) is 0. The molecule has 1 amide bonds. The minimum atomic E-state index is -4.59. The lowest BCUT2D eigenvalue weighted by Crippen LogP contribution is -2.11. The first-order valence-corrected chi connectivity index (χ1v) is 8.76. The van der Waals surface area contributed by atoms with Crippen LogP contribution in [0.25, 0.3) is 6.08 Å². The Bertz CT molecular complexity index is 819. The molecule has 0 aromatic heterocycles. The van der Waals surface area contributed by atoms with Crippen LogP contribution in [0, 0.1) is 0 Å². The van der Waals surface area contributed by atoms with Crippen molar-refractivity contribution in [3.8, 4) is 5.75 Å². The lowest BCUT2D eigenvalue weighted by Gasteiger charge is -2.11. The van der Waals surface area contributed by atoms with E-state index in [1.165, 1.54) is 12.1 Å².